The zero-order chi connectivity index (χ0) is 18.3. The molecule has 0 radical (unpaired) electrons. The lowest BCUT2D eigenvalue weighted by atomic mass is 10.1. The molecule has 1 rings (SSSR count). The highest BCUT2D eigenvalue weighted by Gasteiger charge is 2.25. The first kappa shape index (κ1) is 24.4. The first-order chi connectivity index (χ1) is 11.2. The minimum Gasteiger partial charge on any atom is -0.487 e. The van der Waals surface area contributed by atoms with Crippen molar-refractivity contribution in [2.24, 2.45) is 11.7 Å². The third-order valence-corrected chi connectivity index (χ3v) is 5.06. The number of hydrogen-bond donors (Lipinski definition) is 2. The fourth-order valence-electron chi connectivity index (χ4n) is 2.32. The van der Waals surface area contributed by atoms with E-state index in [1.807, 2.05) is 13.8 Å². The van der Waals surface area contributed by atoms with Crippen LogP contribution in [-0.2, 0) is 14.8 Å². The van der Waals surface area contributed by atoms with Gasteiger partial charge in [-0.05, 0) is 37.5 Å². The second-order valence-electron chi connectivity index (χ2n) is 6.16. The molecule has 0 heterocycles. The van der Waals surface area contributed by atoms with E-state index in [0.717, 1.165) is 0 Å². The summed E-state index contributed by atoms with van der Waals surface area (Å²) in [5, 5.41) is 0.315. The van der Waals surface area contributed by atoms with Gasteiger partial charge in [-0.15, -0.1) is 12.4 Å². The average Bonchev–Trinajstić information content (AvgIpc) is 2.47. The Kier molecular flexibility index (Phi) is 11.0. The largest absolute Gasteiger partial charge is 0.487 e. The Bertz CT molecular complexity index is 627. The molecule has 0 aliphatic rings. The van der Waals surface area contributed by atoms with Gasteiger partial charge in [-0.2, -0.15) is 0 Å². The first-order valence-corrected chi connectivity index (χ1v) is 9.73. The van der Waals surface area contributed by atoms with Gasteiger partial charge in [0.2, 0.25) is 10.0 Å². The Morgan fingerprint density at radius 2 is 1.92 bits per heavy atom. The number of methoxy groups -OCH3 is 1. The van der Waals surface area contributed by atoms with Gasteiger partial charge in [0.05, 0.1) is 6.61 Å². The van der Waals surface area contributed by atoms with E-state index >= 15 is 0 Å². The number of halogens is 2. The zero-order valence-corrected chi connectivity index (χ0v) is 17.4. The molecule has 0 saturated carbocycles. The number of nitrogens with two attached hydrogens (primary N) is 1. The number of hydrogen-bond acceptors (Lipinski definition) is 5. The molecule has 0 spiro atoms. The zero-order valence-electron chi connectivity index (χ0n) is 15.0. The van der Waals surface area contributed by atoms with Crippen LogP contribution in [0.3, 0.4) is 0 Å². The molecular formula is C16H28Cl2N2O4S. The van der Waals surface area contributed by atoms with Crippen LogP contribution >= 0.6 is 24.0 Å². The maximum atomic E-state index is 12.8. The summed E-state index contributed by atoms with van der Waals surface area (Å²) in [6, 6.07) is 4.16. The summed E-state index contributed by atoms with van der Waals surface area (Å²) < 4.78 is 38.9. The summed E-state index contributed by atoms with van der Waals surface area (Å²) in [6.07, 6.45) is 0.345. The van der Waals surface area contributed by atoms with Crippen molar-refractivity contribution >= 4 is 34.0 Å². The van der Waals surface area contributed by atoms with Crippen LogP contribution in [0.5, 0.6) is 5.75 Å². The van der Waals surface area contributed by atoms with Gasteiger partial charge < -0.3 is 15.2 Å². The third kappa shape index (κ3) is 8.11. The van der Waals surface area contributed by atoms with E-state index in [9.17, 15) is 8.42 Å². The van der Waals surface area contributed by atoms with Crippen LogP contribution in [0.15, 0.2) is 23.1 Å². The highest BCUT2D eigenvalue weighted by atomic mass is 35.5. The van der Waals surface area contributed by atoms with Crippen LogP contribution in [0, 0.1) is 5.92 Å². The molecule has 25 heavy (non-hydrogen) atoms. The van der Waals surface area contributed by atoms with E-state index < -0.39 is 10.0 Å². The van der Waals surface area contributed by atoms with Gasteiger partial charge >= 0.3 is 0 Å². The van der Waals surface area contributed by atoms with E-state index in [1.165, 1.54) is 6.07 Å². The maximum Gasteiger partial charge on any atom is 0.244 e. The average molecular weight is 415 g/mol. The van der Waals surface area contributed by atoms with Crippen LogP contribution in [0.2, 0.25) is 5.02 Å². The number of benzene rings is 1. The predicted octanol–water partition coefficient (Wildman–Crippen LogP) is 2.83. The quantitative estimate of drug-likeness (QED) is 0.613. The van der Waals surface area contributed by atoms with Crippen molar-refractivity contribution in [1.29, 1.82) is 0 Å². The lowest BCUT2D eigenvalue weighted by Gasteiger charge is -2.21. The second-order valence-corrected chi connectivity index (χ2v) is 8.28. The number of ether oxygens (including phenoxy) is 2. The lowest BCUT2D eigenvalue weighted by molar-refractivity contribution is 0.0901. The Labute approximate surface area is 161 Å². The van der Waals surface area contributed by atoms with E-state index in [0.29, 0.717) is 24.0 Å². The molecule has 0 aliphatic carbocycles. The van der Waals surface area contributed by atoms with E-state index in [4.69, 9.17) is 26.8 Å². The predicted molar refractivity (Wildman–Crippen MR) is 103 cm³/mol. The minimum atomic E-state index is -3.81. The number of nitrogens with one attached hydrogen (secondary N) is 1. The van der Waals surface area contributed by atoms with Gasteiger partial charge in [-0.3, -0.25) is 0 Å². The highest BCUT2D eigenvalue weighted by Crippen LogP contribution is 2.28. The van der Waals surface area contributed by atoms with Crippen molar-refractivity contribution < 1.29 is 17.9 Å². The van der Waals surface area contributed by atoms with E-state index in [2.05, 4.69) is 4.72 Å². The van der Waals surface area contributed by atoms with Crippen molar-refractivity contribution in [3.05, 3.63) is 23.2 Å². The van der Waals surface area contributed by atoms with Crippen molar-refractivity contribution in [2.75, 3.05) is 20.3 Å². The van der Waals surface area contributed by atoms with E-state index in [-0.39, 0.29) is 41.7 Å². The molecule has 0 amide bonds. The SMILES string of the molecule is COCC(C)Oc1ccc(Cl)cc1S(=O)(=O)NC(CN)CC(C)C.Cl. The molecule has 0 bridgehead atoms. The van der Waals surface area contributed by atoms with Crippen molar-refractivity contribution in [2.45, 2.75) is 44.2 Å². The smallest absolute Gasteiger partial charge is 0.244 e. The molecule has 6 nitrogen and oxygen atoms in total. The summed E-state index contributed by atoms with van der Waals surface area (Å²) in [7, 11) is -2.26. The van der Waals surface area contributed by atoms with Gasteiger partial charge in [-0.1, -0.05) is 25.4 Å². The monoisotopic (exact) mass is 414 g/mol. The summed E-state index contributed by atoms with van der Waals surface area (Å²) in [5.74, 6) is 0.551. The second kappa shape index (κ2) is 11.2. The maximum absolute atomic E-state index is 12.8. The molecule has 1 aromatic carbocycles. The highest BCUT2D eigenvalue weighted by molar-refractivity contribution is 7.89. The van der Waals surface area contributed by atoms with Crippen molar-refractivity contribution in [1.82, 2.24) is 4.72 Å². The van der Waals surface area contributed by atoms with Crippen molar-refractivity contribution in [3.8, 4) is 5.75 Å². The van der Waals surface area contributed by atoms with Crippen LogP contribution in [0.1, 0.15) is 27.2 Å². The van der Waals surface area contributed by atoms with Crippen LogP contribution in [0.25, 0.3) is 0 Å². The third-order valence-electron chi connectivity index (χ3n) is 3.29. The van der Waals surface area contributed by atoms with Crippen LogP contribution < -0.4 is 15.2 Å². The molecule has 2 unspecified atom stereocenters. The molecule has 146 valence electrons. The Balaban J connectivity index is 0.00000576. The Hall–Kier alpha value is -0.570. The molecule has 9 heteroatoms. The normalized spacial score (nSPS) is 14.0. The Morgan fingerprint density at radius 1 is 1.28 bits per heavy atom. The minimum absolute atomic E-state index is 0. The molecule has 0 saturated heterocycles. The van der Waals surface area contributed by atoms with Crippen molar-refractivity contribution in [3.63, 3.8) is 0 Å². The topological polar surface area (TPSA) is 90.6 Å². The van der Waals surface area contributed by atoms with E-state index in [1.54, 1.807) is 26.2 Å². The summed E-state index contributed by atoms with van der Waals surface area (Å²) in [4.78, 5) is 0.000147. The molecule has 1 aromatic rings. The van der Waals surface area contributed by atoms with Gasteiger partial charge in [0.25, 0.3) is 0 Å². The van der Waals surface area contributed by atoms with Gasteiger partial charge in [0, 0.05) is 24.7 Å². The molecule has 0 aromatic heterocycles. The summed E-state index contributed by atoms with van der Waals surface area (Å²) in [6.45, 7) is 6.38. The van der Waals surface area contributed by atoms with Gasteiger partial charge in [-0.25, -0.2) is 13.1 Å². The molecule has 2 atom stereocenters. The van der Waals surface area contributed by atoms with Gasteiger partial charge in [0.1, 0.15) is 16.7 Å². The Morgan fingerprint density at radius 3 is 2.44 bits per heavy atom. The fourth-order valence-corrected chi connectivity index (χ4v) is 3.98. The number of sulfonamides is 1. The standard InChI is InChI=1S/C16H27ClN2O4S.ClH/c1-11(2)7-14(9-18)19-24(20,21)16-8-13(17)5-6-15(16)23-12(3)10-22-4;/h5-6,8,11-12,14,19H,7,9-10,18H2,1-4H3;1H. The van der Waals surface area contributed by atoms with Gasteiger partial charge in [0.15, 0.2) is 0 Å². The lowest BCUT2D eigenvalue weighted by Crippen LogP contribution is -2.41. The molecule has 0 fully saturated rings. The fraction of sp³-hybridized carbons (Fsp3) is 0.625. The summed E-state index contributed by atoms with van der Waals surface area (Å²) in [5.41, 5.74) is 5.69. The summed E-state index contributed by atoms with van der Waals surface area (Å²) >= 11 is 5.98. The molecular weight excluding hydrogens is 387 g/mol. The molecule has 0 aliphatic heterocycles. The first-order valence-electron chi connectivity index (χ1n) is 7.87. The van der Waals surface area contributed by atoms with Crippen LogP contribution in [-0.4, -0.2) is 40.8 Å². The molecule has 3 N–H and O–H groups in total. The van der Waals surface area contributed by atoms with Crippen LogP contribution in [0.4, 0.5) is 0 Å². The number of rotatable bonds is 10.